The fourth-order valence-corrected chi connectivity index (χ4v) is 2.71. The van der Waals surface area contributed by atoms with Crippen LogP contribution in [-0.4, -0.2) is 62.4 Å². The summed E-state index contributed by atoms with van der Waals surface area (Å²) >= 11 is 0. The number of nitrogens with one attached hydrogen (secondary N) is 1. The first-order valence-corrected chi connectivity index (χ1v) is 7.62. The summed E-state index contributed by atoms with van der Waals surface area (Å²) in [7, 11) is 0. The first-order valence-electron chi connectivity index (χ1n) is 7.62. The Morgan fingerprint density at radius 3 is 2.43 bits per heavy atom. The minimum atomic E-state index is -0.373. The minimum Gasteiger partial charge on any atom is -0.339 e. The molecule has 0 spiro atoms. The Kier molecular flexibility index (Phi) is 3.89. The molecule has 2 aromatic rings. The van der Waals surface area contributed by atoms with Crippen molar-refractivity contribution in [2.45, 2.75) is 13.8 Å². The summed E-state index contributed by atoms with van der Waals surface area (Å²) in [5.74, 6) is -0.0623. The van der Waals surface area contributed by atoms with E-state index in [0.29, 0.717) is 37.4 Å². The molecular weight excluding hydrogens is 298 g/mol. The molecule has 3 heterocycles. The molecule has 0 aliphatic carbocycles. The van der Waals surface area contributed by atoms with Crippen LogP contribution in [0.2, 0.25) is 0 Å². The maximum absolute atomic E-state index is 12.6. The lowest BCUT2D eigenvalue weighted by Crippen LogP contribution is -2.51. The molecule has 0 saturated carbocycles. The summed E-state index contributed by atoms with van der Waals surface area (Å²) in [4.78, 5) is 39.6. The third kappa shape index (κ3) is 2.84. The van der Waals surface area contributed by atoms with Crippen molar-refractivity contribution >= 4 is 17.5 Å². The first kappa shape index (κ1) is 15.3. The molecule has 0 radical (unpaired) electrons. The maximum Gasteiger partial charge on any atom is 0.347 e. The summed E-state index contributed by atoms with van der Waals surface area (Å²) < 4.78 is 1.31. The van der Waals surface area contributed by atoms with Gasteiger partial charge in [0.15, 0.2) is 5.65 Å². The Labute approximate surface area is 132 Å². The number of carbonyl (C=O) groups excluding carboxylic acids is 2. The molecule has 122 valence electrons. The molecule has 0 unspecified atom stereocenters. The number of amides is 2. The molecule has 1 N–H and O–H groups in total. The van der Waals surface area contributed by atoms with Crippen LogP contribution in [0.25, 0.3) is 5.65 Å². The fraction of sp³-hybridized carbons (Fsp3) is 0.467. The van der Waals surface area contributed by atoms with E-state index in [1.807, 2.05) is 13.8 Å². The van der Waals surface area contributed by atoms with Gasteiger partial charge in [0.25, 0.3) is 5.91 Å². The number of piperazine rings is 1. The predicted octanol–water partition coefficient (Wildman–Crippen LogP) is -0.0370. The quantitative estimate of drug-likeness (QED) is 0.841. The monoisotopic (exact) mass is 317 g/mol. The van der Waals surface area contributed by atoms with Crippen molar-refractivity contribution in [1.29, 1.82) is 0 Å². The molecule has 0 aromatic carbocycles. The Bertz CT molecular complexity index is 799. The highest BCUT2D eigenvalue weighted by molar-refractivity contribution is 5.94. The molecule has 1 aliphatic rings. The normalized spacial score (nSPS) is 15.4. The van der Waals surface area contributed by atoms with E-state index >= 15 is 0 Å². The lowest BCUT2D eigenvalue weighted by atomic mass is 10.1. The summed E-state index contributed by atoms with van der Waals surface area (Å²) in [6.07, 6.45) is 1.50. The van der Waals surface area contributed by atoms with Crippen LogP contribution >= 0.6 is 0 Å². The molecule has 3 rings (SSSR count). The third-order valence-corrected chi connectivity index (χ3v) is 4.03. The number of nitrogens with zero attached hydrogens (tertiary/aromatic N) is 4. The van der Waals surface area contributed by atoms with Gasteiger partial charge in [0, 0.05) is 38.3 Å². The second-order valence-corrected chi connectivity index (χ2v) is 5.95. The van der Waals surface area contributed by atoms with Crippen molar-refractivity contribution < 1.29 is 9.59 Å². The number of carbonyl (C=O) groups is 2. The Morgan fingerprint density at radius 2 is 1.78 bits per heavy atom. The van der Waals surface area contributed by atoms with Crippen LogP contribution in [-0.2, 0) is 4.79 Å². The van der Waals surface area contributed by atoms with Gasteiger partial charge < -0.3 is 9.80 Å². The van der Waals surface area contributed by atoms with Gasteiger partial charge in [-0.05, 0) is 12.1 Å². The van der Waals surface area contributed by atoms with Crippen molar-refractivity contribution in [3.05, 3.63) is 34.4 Å². The Balaban J connectivity index is 1.72. The van der Waals surface area contributed by atoms with Crippen LogP contribution in [0.15, 0.2) is 23.1 Å². The van der Waals surface area contributed by atoms with Gasteiger partial charge in [-0.2, -0.15) is 5.10 Å². The Hall–Kier alpha value is -2.64. The van der Waals surface area contributed by atoms with Crippen LogP contribution < -0.4 is 5.69 Å². The maximum atomic E-state index is 12.6. The molecule has 8 heteroatoms. The van der Waals surface area contributed by atoms with Crippen LogP contribution in [0.4, 0.5) is 0 Å². The van der Waals surface area contributed by atoms with E-state index in [1.165, 1.54) is 10.6 Å². The standard InChI is InChI=1S/C15H19N5O3/c1-10(2)13(21)18-5-7-19(8-6-18)14(22)11-3-4-12-16-17-15(23)20(12)9-11/h3-4,9-10H,5-8H2,1-2H3,(H,17,23). The summed E-state index contributed by atoms with van der Waals surface area (Å²) in [6, 6.07) is 3.28. The molecule has 0 atom stereocenters. The van der Waals surface area contributed by atoms with E-state index < -0.39 is 0 Å². The number of aromatic nitrogens is 3. The summed E-state index contributed by atoms with van der Waals surface area (Å²) in [6.45, 7) is 5.81. The van der Waals surface area contributed by atoms with E-state index in [9.17, 15) is 14.4 Å². The van der Waals surface area contributed by atoms with Crippen LogP contribution in [0.3, 0.4) is 0 Å². The topological polar surface area (TPSA) is 90.8 Å². The zero-order valence-electron chi connectivity index (χ0n) is 13.2. The van der Waals surface area contributed by atoms with Gasteiger partial charge >= 0.3 is 5.69 Å². The van der Waals surface area contributed by atoms with E-state index in [2.05, 4.69) is 10.2 Å². The van der Waals surface area contributed by atoms with Gasteiger partial charge in [-0.15, -0.1) is 0 Å². The van der Waals surface area contributed by atoms with E-state index in [4.69, 9.17) is 0 Å². The van der Waals surface area contributed by atoms with Crippen LogP contribution in [0.5, 0.6) is 0 Å². The van der Waals surface area contributed by atoms with Crippen molar-refractivity contribution in [3.8, 4) is 0 Å². The van der Waals surface area contributed by atoms with Gasteiger partial charge in [-0.25, -0.2) is 14.3 Å². The number of pyridine rings is 1. The summed E-state index contributed by atoms with van der Waals surface area (Å²) in [5, 5.41) is 6.17. The molecule has 2 aromatic heterocycles. The third-order valence-electron chi connectivity index (χ3n) is 4.03. The number of aromatic amines is 1. The van der Waals surface area contributed by atoms with Crippen molar-refractivity contribution in [2.75, 3.05) is 26.2 Å². The fourth-order valence-electron chi connectivity index (χ4n) is 2.71. The Morgan fingerprint density at radius 1 is 1.13 bits per heavy atom. The van der Waals surface area contributed by atoms with Crippen molar-refractivity contribution in [2.24, 2.45) is 5.92 Å². The van der Waals surface area contributed by atoms with Crippen LogP contribution in [0.1, 0.15) is 24.2 Å². The van der Waals surface area contributed by atoms with E-state index in [-0.39, 0.29) is 23.4 Å². The highest BCUT2D eigenvalue weighted by atomic mass is 16.2. The number of hydrogen-bond acceptors (Lipinski definition) is 4. The second-order valence-electron chi connectivity index (χ2n) is 5.95. The molecule has 1 aliphatic heterocycles. The van der Waals surface area contributed by atoms with Crippen molar-refractivity contribution in [3.63, 3.8) is 0 Å². The molecule has 1 saturated heterocycles. The predicted molar refractivity (Wildman–Crippen MR) is 83.1 cm³/mol. The minimum absolute atomic E-state index is 0.0346. The first-order chi connectivity index (χ1) is 11.0. The zero-order valence-corrected chi connectivity index (χ0v) is 13.2. The SMILES string of the molecule is CC(C)C(=O)N1CCN(C(=O)c2ccc3n[nH]c(=O)n3c2)CC1. The molecule has 23 heavy (non-hydrogen) atoms. The van der Waals surface area contributed by atoms with Crippen LogP contribution in [0, 0.1) is 5.92 Å². The number of rotatable bonds is 2. The highest BCUT2D eigenvalue weighted by Crippen LogP contribution is 2.11. The second kappa shape index (κ2) is 5.86. The van der Waals surface area contributed by atoms with Crippen molar-refractivity contribution in [1.82, 2.24) is 24.4 Å². The van der Waals surface area contributed by atoms with Gasteiger partial charge in [-0.3, -0.25) is 9.59 Å². The van der Waals surface area contributed by atoms with Gasteiger partial charge in [0.05, 0.1) is 5.56 Å². The lowest BCUT2D eigenvalue weighted by Gasteiger charge is -2.35. The number of hydrogen-bond donors (Lipinski definition) is 1. The number of H-pyrrole nitrogens is 1. The van der Waals surface area contributed by atoms with E-state index in [1.54, 1.807) is 21.9 Å². The number of fused-ring (bicyclic) bond motifs is 1. The lowest BCUT2D eigenvalue weighted by molar-refractivity contribution is -0.135. The molecule has 8 nitrogen and oxygen atoms in total. The van der Waals surface area contributed by atoms with Gasteiger partial charge in [0.2, 0.25) is 5.91 Å². The molecule has 2 amide bonds. The zero-order chi connectivity index (χ0) is 16.6. The summed E-state index contributed by atoms with van der Waals surface area (Å²) in [5.41, 5.74) is 0.533. The molecular formula is C15H19N5O3. The average Bonchev–Trinajstić information content (AvgIpc) is 2.94. The molecule has 1 fully saturated rings. The smallest absolute Gasteiger partial charge is 0.339 e. The molecule has 0 bridgehead atoms. The largest absolute Gasteiger partial charge is 0.347 e. The highest BCUT2D eigenvalue weighted by Gasteiger charge is 2.26. The average molecular weight is 317 g/mol. The van der Waals surface area contributed by atoms with Gasteiger partial charge in [0.1, 0.15) is 0 Å². The van der Waals surface area contributed by atoms with E-state index in [0.717, 1.165) is 0 Å². The van der Waals surface area contributed by atoms with Gasteiger partial charge in [-0.1, -0.05) is 13.8 Å².